The zero-order chi connectivity index (χ0) is 30.6. The molecule has 226 valence electrons. The molecule has 1 aliphatic heterocycles. The normalized spacial score (nSPS) is 13.2. The van der Waals surface area contributed by atoms with Crippen LogP contribution < -0.4 is 20.3 Å². The lowest BCUT2D eigenvalue weighted by Gasteiger charge is -2.15. The number of esters is 1. The maximum Gasteiger partial charge on any atom is 0.412 e. The molecule has 15 heteroatoms. The van der Waals surface area contributed by atoms with E-state index in [1.165, 1.54) is 20.1 Å². The number of thioether (sulfide) groups is 1. The largest absolute Gasteiger partial charge is 0.468 e. The van der Waals surface area contributed by atoms with E-state index in [0.717, 1.165) is 42.0 Å². The number of nitrogens with one attached hydrogen (secondary N) is 2. The van der Waals surface area contributed by atoms with Gasteiger partial charge in [0.05, 0.1) is 17.9 Å². The Hall–Kier alpha value is -3.62. The van der Waals surface area contributed by atoms with Crippen LogP contribution in [0.25, 0.3) is 0 Å². The third-order valence-electron chi connectivity index (χ3n) is 5.71. The van der Waals surface area contributed by atoms with Crippen LogP contribution >= 0.6 is 34.7 Å². The van der Waals surface area contributed by atoms with Gasteiger partial charge in [0.25, 0.3) is 5.91 Å². The number of aromatic nitrogens is 2. The molecule has 1 unspecified atom stereocenters. The van der Waals surface area contributed by atoms with Crippen LogP contribution in [0.2, 0.25) is 5.02 Å². The zero-order valence-electron chi connectivity index (χ0n) is 23.2. The number of hydrogen-bond donors (Lipinski definition) is 2. The van der Waals surface area contributed by atoms with Crippen molar-refractivity contribution in [2.24, 2.45) is 4.99 Å². The molecule has 3 aromatic rings. The zero-order valence-corrected chi connectivity index (χ0v) is 25.6. The topological polar surface area (TPSA) is 133 Å². The number of carbonyl (C=O) groups is 3. The second-order valence-corrected chi connectivity index (χ2v) is 11.1. The van der Waals surface area contributed by atoms with Crippen LogP contribution in [0.15, 0.2) is 57.1 Å². The Morgan fingerprint density at radius 1 is 1.17 bits per heavy atom. The summed E-state index contributed by atoms with van der Waals surface area (Å²) >= 11 is 8.17. The molecule has 2 heterocycles. The molecule has 0 saturated carbocycles. The summed E-state index contributed by atoms with van der Waals surface area (Å²) in [5, 5.41) is 5.30. The standard InChI is InChI=1S/C15H15ClFN3O3S2.C12H16N2O3/c1-23-13(21)8-24-12-7-11(10(17)6-9(12)16)18-14-19-4-2-3-5-20(19)15(22)25-14;1-3-13-11(15)9(2)17-12(16)14-10-7-5-4-6-8-10/h6-7H,2-5,8H2,1H3;4-9H,3H2,1-2H3,(H,13,15)(H,14,16). The molecule has 0 aliphatic carbocycles. The summed E-state index contributed by atoms with van der Waals surface area (Å²) < 4.78 is 27.2. The summed E-state index contributed by atoms with van der Waals surface area (Å²) in [6.07, 6.45) is 0.445. The molecule has 1 aliphatic rings. The van der Waals surface area contributed by atoms with E-state index in [9.17, 15) is 23.6 Å². The minimum Gasteiger partial charge on any atom is -0.468 e. The number of ether oxygens (including phenoxy) is 2. The van der Waals surface area contributed by atoms with E-state index < -0.39 is 24.0 Å². The minimum absolute atomic E-state index is 0.0605. The lowest BCUT2D eigenvalue weighted by molar-refractivity contribution is -0.137. The number of rotatable bonds is 8. The predicted octanol–water partition coefficient (Wildman–Crippen LogP) is 4.55. The lowest BCUT2D eigenvalue weighted by Crippen LogP contribution is -2.36. The highest BCUT2D eigenvalue weighted by Crippen LogP contribution is 2.33. The lowest BCUT2D eigenvalue weighted by atomic mass is 10.3. The molecule has 0 radical (unpaired) electrons. The Balaban J connectivity index is 0.000000250. The highest BCUT2D eigenvalue weighted by atomic mass is 35.5. The van der Waals surface area contributed by atoms with Crippen molar-refractivity contribution in [3.8, 4) is 0 Å². The van der Waals surface area contributed by atoms with Crippen molar-refractivity contribution in [1.29, 1.82) is 0 Å². The van der Waals surface area contributed by atoms with Crippen molar-refractivity contribution in [2.45, 2.75) is 50.8 Å². The number of anilines is 1. The van der Waals surface area contributed by atoms with Gasteiger partial charge in [0.1, 0.15) is 11.5 Å². The van der Waals surface area contributed by atoms with Crippen LogP contribution in [0.3, 0.4) is 0 Å². The smallest absolute Gasteiger partial charge is 0.412 e. The quantitative estimate of drug-likeness (QED) is 0.273. The molecule has 2 amide bonds. The highest BCUT2D eigenvalue weighted by Gasteiger charge is 2.17. The van der Waals surface area contributed by atoms with Crippen LogP contribution in [0.1, 0.15) is 26.7 Å². The van der Waals surface area contributed by atoms with Gasteiger partial charge in [-0.2, -0.15) is 0 Å². The van der Waals surface area contributed by atoms with Gasteiger partial charge >= 0.3 is 16.9 Å². The van der Waals surface area contributed by atoms with Gasteiger partial charge < -0.3 is 14.8 Å². The van der Waals surface area contributed by atoms with Gasteiger partial charge in [-0.25, -0.2) is 18.9 Å². The van der Waals surface area contributed by atoms with E-state index in [1.54, 1.807) is 40.6 Å². The molecule has 42 heavy (non-hydrogen) atoms. The molecule has 0 saturated heterocycles. The Bertz CT molecular complexity index is 1530. The first kappa shape index (κ1) is 32.9. The monoisotopic (exact) mass is 639 g/mol. The first-order chi connectivity index (χ1) is 20.1. The molecule has 2 aromatic carbocycles. The van der Waals surface area contributed by atoms with Gasteiger partial charge in [-0.05, 0) is 62.3 Å². The van der Waals surface area contributed by atoms with Crippen LogP contribution in [-0.2, 0) is 32.2 Å². The summed E-state index contributed by atoms with van der Waals surface area (Å²) in [4.78, 5) is 51.2. The van der Waals surface area contributed by atoms with Gasteiger partial charge in [0.2, 0.25) is 4.80 Å². The first-order valence-electron chi connectivity index (χ1n) is 13.0. The summed E-state index contributed by atoms with van der Waals surface area (Å²) in [6.45, 7) is 5.15. The Morgan fingerprint density at radius 2 is 1.86 bits per heavy atom. The fourth-order valence-corrected chi connectivity index (χ4v) is 5.62. The van der Waals surface area contributed by atoms with E-state index >= 15 is 0 Å². The number of carbonyl (C=O) groups excluding carboxylic acids is 3. The average molecular weight is 640 g/mol. The molecule has 0 spiro atoms. The SMILES string of the molecule is CCNC(=O)C(C)OC(=O)Nc1ccccc1.COC(=O)CSc1cc(N=c2sc(=O)n3n2CCCC3)c(F)cc1Cl. The van der Waals surface area contributed by atoms with Crippen molar-refractivity contribution in [3.05, 3.63) is 67.8 Å². The summed E-state index contributed by atoms with van der Waals surface area (Å²) in [7, 11) is 1.30. The average Bonchev–Trinajstić information content (AvgIpc) is 3.29. The predicted molar refractivity (Wildman–Crippen MR) is 160 cm³/mol. The molecule has 0 bridgehead atoms. The van der Waals surface area contributed by atoms with Crippen LogP contribution in [0.4, 0.5) is 20.6 Å². The van der Waals surface area contributed by atoms with Crippen LogP contribution in [-0.4, -0.2) is 52.8 Å². The van der Waals surface area contributed by atoms with E-state index in [2.05, 4.69) is 20.4 Å². The molecule has 1 atom stereocenters. The van der Waals surface area contributed by atoms with E-state index in [-0.39, 0.29) is 27.2 Å². The Kier molecular flexibility index (Phi) is 12.6. The third-order valence-corrected chi connectivity index (χ3v) is 8.03. The number of benzene rings is 2. The summed E-state index contributed by atoms with van der Waals surface area (Å²) in [6, 6.07) is 11.5. The van der Waals surface area contributed by atoms with Gasteiger partial charge in [-0.1, -0.05) is 29.8 Å². The maximum absolute atomic E-state index is 14.3. The Labute approximate surface area is 254 Å². The second kappa shape index (κ2) is 16.1. The number of para-hydroxylation sites is 1. The third kappa shape index (κ3) is 9.46. The van der Waals surface area contributed by atoms with Crippen LogP contribution in [0.5, 0.6) is 0 Å². The molecule has 1 aromatic heterocycles. The van der Waals surface area contributed by atoms with Crippen molar-refractivity contribution >= 4 is 64.0 Å². The summed E-state index contributed by atoms with van der Waals surface area (Å²) in [5.74, 6) is -1.23. The molecule has 11 nitrogen and oxygen atoms in total. The molecular formula is C27H31ClFN5O6S2. The minimum atomic E-state index is -0.807. The fraction of sp³-hybridized carbons (Fsp3) is 0.370. The molecule has 0 fully saturated rings. The number of amides is 2. The van der Waals surface area contributed by atoms with Crippen molar-refractivity contribution in [1.82, 2.24) is 14.7 Å². The van der Waals surface area contributed by atoms with E-state index in [4.69, 9.17) is 16.3 Å². The number of fused-ring (bicyclic) bond motifs is 1. The van der Waals surface area contributed by atoms with Gasteiger partial charge in [0, 0.05) is 30.2 Å². The molecule has 4 rings (SSSR count). The van der Waals surface area contributed by atoms with Gasteiger partial charge in [-0.15, -0.1) is 11.8 Å². The van der Waals surface area contributed by atoms with Crippen molar-refractivity contribution in [2.75, 3.05) is 24.7 Å². The highest BCUT2D eigenvalue weighted by molar-refractivity contribution is 8.00. The number of likely N-dealkylation sites (N-methyl/N-ethyl adjacent to an activating group) is 1. The maximum atomic E-state index is 14.3. The number of nitrogens with zero attached hydrogens (tertiary/aromatic N) is 3. The molecule has 2 N–H and O–H groups in total. The van der Waals surface area contributed by atoms with E-state index in [1.807, 2.05) is 6.07 Å². The number of halogens is 2. The Morgan fingerprint density at radius 3 is 2.52 bits per heavy atom. The van der Waals surface area contributed by atoms with Crippen molar-refractivity contribution in [3.63, 3.8) is 0 Å². The molecular weight excluding hydrogens is 609 g/mol. The summed E-state index contributed by atoms with van der Waals surface area (Å²) in [5.41, 5.74) is 0.708. The van der Waals surface area contributed by atoms with E-state index in [0.29, 0.717) is 35.0 Å². The van der Waals surface area contributed by atoms with Gasteiger partial charge in [-0.3, -0.25) is 24.4 Å². The second-order valence-electron chi connectivity index (χ2n) is 8.75. The van der Waals surface area contributed by atoms with Crippen molar-refractivity contribution < 1.29 is 28.2 Å². The fourth-order valence-electron chi connectivity index (χ4n) is 3.63. The van der Waals surface area contributed by atoms with Gasteiger partial charge in [0.15, 0.2) is 6.10 Å². The number of hydrogen-bond acceptors (Lipinski definition) is 9. The first-order valence-corrected chi connectivity index (χ1v) is 15.2. The number of methoxy groups -OCH3 is 1. The van der Waals surface area contributed by atoms with Crippen LogP contribution in [0, 0.1) is 5.82 Å².